The maximum Gasteiger partial charge on any atom is 0.313 e. The Morgan fingerprint density at radius 2 is 2.29 bits per heavy atom. The molecule has 0 saturated heterocycles. The minimum atomic E-state index is -0.501. The molecule has 0 fully saturated rings. The minimum absolute atomic E-state index is 0.308. The molecule has 1 unspecified atom stereocenters. The fraction of sp³-hybridized carbons (Fsp3) is 0.308. The van der Waals surface area contributed by atoms with Crippen molar-refractivity contribution in [3.63, 3.8) is 0 Å². The van der Waals surface area contributed by atoms with Gasteiger partial charge < -0.3 is 4.74 Å². The lowest BCUT2D eigenvalue weighted by Gasteiger charge is -2.14. The number of hydrogen-bond acceptors (Lipinski definition) is 2. The number of allylic oxidation sites excluding steroid dienone is 1. The zero-order chi connectivity index (χ0) is 12.8. The number of benzene rings is 1. The van der Waals surface area contributed by atoms with E-state index in [9.17, 15) is 9.18 Å². The monoisotopic (exact) mass is 300 g/mol. The molecule has 17 heavy (non-hydrogen) atoms. The first-order valence-electron chi connectivity index (χ1n) is 5.32. The molecule has 0 aliphatic carbocycles. The Labute approximate surface area is 109 Å². The molecule has 0 amide bonds. The molecule has 0 saturated carbocycles. The molecule has 1 aromatic carbocycles. The summed E-state index contributed by atoms with van der Waals surface area (Å²) in [4.78, 5) is 11.7. The van der Waals surface area contributed by atoms with Crippen molar-refractivity contribution in [3.05, 3.63) is 46.7 Å². The fourth-order valence-corrected chi connectivity index (χ4v) is 2.04. The lowest BCUT2D eigenvalue weighted by molar-refractivity contribution is -0.144. The van der Waals surface area contributed by atoms with Gasteiger partial charge in [0.1, 0.15) is 5.82 Å². The second-order valence-electron chi connectivity index (χ2n) is 3.53. The number of halogens is 2. The summed E-state index contributed by atoms with van der Waals surface area (Å²) in [6.45, 7) is 5.65. The van der Waals surface area contributed by atoms with Crippen LogP contribution in [0, 0.1) is 5.82 Å². The van der Waals surface area contributed by atoms with Crippen molar-refractivity contribution in [1.82, 2.24) is 0 Å². The van der Waals surface area contributed by atoms with E-state index < -0.39 is 5.92 Å². The molecule has 4 heteroatoms. The van der Waals surface area contributed by atoms with Gasteiger partial charge in [0.15, 0.2) is 0 Å². The first-order chi connectivity index (χ1) is 8.08. The SMILES string of the molecule is C=CCC(C(=O)OCC)c1cc(F)cc(Br)c1. The number of esters is 1. The normalized spacial score (nSPS) is 11.9. The predicted molar refractivity (Wildman–Crippen MR) is 68.3 cm³/mol. The summed E-state index contributed by atoms with van der Waals surface area (Å²) in [6.07, 6.45) is 2.05. The number of carbonyl (C=O) groups excluding carboxylic acids is 1. The van der Waals surface area contributed by atoms with E-state index in [4.69, 9.17) is 4.74 Å². The lowest BCUT2D eigenvalue weighted by atomic mass is 9.96. The van der Waals surface area contributed by atoms with Crippen molar-refractivity contribution < 1.29 is 13.9 Å². The van der Waals surface area contributed by atoms with E-state index in [1.807, 2.05) is 0 Å². The minimum Gasteiger partial charge on any atom is -0.466 e. The summed E-state index contributed by atoms with van der Waals surface area (Å²) >= 11 is 3.20. The van der Waals surface area contributed by atoms with Crippen LogP contribution in [0.1, 0.15) is 24.8 Å². The zero-order valence-electron chi connectivity index (χ0n) is 9.58. The smallest absolute Gasteiger partial charge is 0.313 e. The standard InChI is InChI=1S/C13H14BrFO2/c1-3-5-12(13(16)17-4-2)9-6-10(14)8-11(15)7-9/h3,6-8,12H,1,4-5H2,2H3. The molecule has 0 spiro atoms. The van der Waals surface area contributed by atoms with Gasteiger partial charge in [0.2, 0.25) is 0 Å². The van der Waals surface area contributed by atoms with E-state index in [-0.39, 0.29) is 11.8 Å². The van der Waals surface area contributed by atoms with Crippen molar-refractivity contribution in [2.75, 3.05) is 6.61 Å². The molecule has 2 nitrogen and oxygen atoms in total. The Balaban J connectivity index is 3.03. The van der Waals surface area contributed by atoms with E-state index in [1.165, 1.54) is 12.1 Å². The fourth-order valence-electron chi connectivity index (χ4n) is 1.55. The number of carbonyl (C=O) groups is 1. The quantitative estimate of drug-likeness (QED) is 0.610. The molecule has 1 atom stereocenters. The van der Waals surface area contributed by atoms with Crippen LogP contribution in [0.25, 0.3) is 0 Å². The second-order valence-corrected chi connectivity index (χ2v) is 4.45. The van der Waals surface area contributed by atoms with Gasteiger partial charge in [-0.3, -0.25) is 4.79 Å². The Hall–Kier alpha value is -1.16. The van der Waals surface area contributed by atoms with Crippen molar-refractivity contribution in [2.45, 2.75) is 19.3 Å². The van der Waals surface area contributed by atoms with Gasteiger partial charge in [-0.2, -0.15) is 0 Å². The van der Waals surface area contributed by atoms with Gasteiger partial charge in [0, 0.05) is 4.47 Å². The maximum atomic E-state index is 13.3. The molecular weight excluding hydrogens is 287 g/mol. The molecule has 0 bridgehead atoms. The molecule has 0 heterocycles. The zero-order valence-corrected chi connectivity index (χ0v) is 11.2. The summed E-state index contributed by atoms with van der Waals surface area (Å²) in [5, 5.41) is 0. The van der Waals surface area contributed by atoms with Crippen LogP contribution in [0.15, 0.2) is 35.3 Å². The van der Waals surface area contributed by atoms with Gasteiger partial charge in [-0.05, 0) is 37.1 Å². The molecule has 1 aromatic rings. The van der Waals surface area contributed by atoms with Gasteiger partial charge in [-0.25, -0.2) is 4.39 Å². The highest BCUT2D eigenvalue weighted by Crippen LogP contribution is 2.26. The van der Waals surface area contributed by atoms with Gasteiger partial charge >= 0.3 is 5.97 Å². The Bertz CT molecular complexity index is 398. The molecule has 92 valence electrons. The van der Waals surface area contributed by atoms with Crippen molar-refractivity contribution in [3.8, 4) is 0 Å². The van der Waals surface area contributed by atoms with Crippen LogP contribution in [0.5, 0.6) is 0 Å². The molecule has 0 N–H and O–H groups in total. The highest BCUT2D eigenvalue weighted by atomic mass is 79.9. The van der Waals surface area contributed by atoms with Crippen molar-refractivity contribution in [1.29, 1.82) is 0 Å². The molecule has 0 aliphatic rings. The molecule has 0 radical (unpaired) electrons. The third kappa shape index (κ3) is 3.97. The van der Waals surface area contributed by atoms with Crippen LogP contribution in [-0.4, -0.2) is 12.6 Å². The topological polar surface area (TPSA) is 26.3 Å². The van der Waals surface area contributed by atoms with Crippen LogP contribution in [0.3, 0.4) is 0 Å². The maximum absolute atomic E-state index is 13.3. The third-order valence-corrected chi connectivity index (χ3v) is 2.72. The van der Waals surface area contributed by atoms with Gasteiger partial charge in [-0.15, -0.1) is 6.58 Å². The van der Waals surface area contributed by atoms with Crippen LogP contribution in [-0.2, 0) is 9.53 Å². The highest BCUT2D eigenvalue weighted by Gasteiger charge is 2.21. The van der Waals surface area contributed by atoms with Crippen LogP contribution in [0.2, 0.25) is 0 Å². The summed E-state index contributed by atoms with van der Waals surface area (Å²) in [5.41, 5.74) is 0.593. The Morgan fingerprint density at radius 3 is 2.82 bits per heavy atom. The molecule has 1 rings (SSSR count). The van der Waals surface area contributed by atoms with Crippen LogP contribution in [0.4, 0.5) is 4.39 Å². The molecule has 0 aromatic heterocycles. The first kappa shape index (κ1) is 13.9. The van der Waals surface area contributed by atoms with Crippen molar-refractivity contribution >= 4 is 21.9 Å². The van der Waals surface area contributed by atoms with E-state index >= 15 is 0 Å². The third-order valence-electron chi connectivity index (χ3n) is 2.26. The average molecular weight is 301 g/mol. The number of hydrogen-bond donors (Lipinski definition) is 0. The summed E-state index contributed by atoms with van der Waals surface area (Å²) in [6, 6.07) is 4.41. The highest BCUT2D eigenvalue weighted by molar-refractivity contribution is 9.10. The average Bonchev–Trinajstić information content (AvgIpc) is 2.24. The largest absolute Gasteiger partial charge is 0.466 e. The van der Waals surface area contributed by atoms with E-state index in [1.54, 1.807) is 19.1 Å². The lowest BCUT2D eigenvalue weighted by Crippen LogP contribution is -2.15. The Kier molecular flexibility index (Phi) is 5.35. The summed E-state index contributed by atoms with van der Waals surface area (Å²) in [5.74, 6) is -1.24. The summed E-state index contributed by atoms with van der Waals surface area (Å²) in [7, 11) is 0. The van der Waals surface area contributed by atoms with E-state index in [2.05, 4.69) is 22.5 Å². The number of rotatable bonds is 5. The predicted octanol–water partition coefficient (Wildman–Crippen LogP) is 3.81. The van der Waals surface area contributed by atoms with Crippen LogP contribution >= 0.6 is 15.9 Å². The number of ether oxygens (including phenoxy) is 1. The second kappa shape index (κ2) is 6.55. The molecular formula is C13H14BrFO2. The molecule has 0 aliphatic heterocycles. The first-order valence-corrected chi connectivity index (χ1v) is 6.11. The van der Waals surface area contributed by atoms with E-state index in [0.717, 1.165) is 0 Å². The summed E-state index contributed by atoms with van der Waals surface area (Å²) < 4.78 is 18.8. The van der Waals surface area contributed by atoms with Crippen LogP contribution < -0.4 is 0 Å². The van der Waals surface area contributed by atoms with Gasteiger partial charge in [0.25, 0.3) is 0 Å². The van der Waals surface area contributed by atoms with Gasteiger partial charge in [0.05, 0.1) is 12.5 Å². The van der Waals surface area contributed by atoms with E-state index in [0.29, 0.717) is 23.1 Å². The van der Waals surface area contributed by atoms with Crippen molar-refractivity contribution in [2.24, 2.45) is 0 Å². The van der Waals surface area contributed by atoms with Gasteiger partial charge in [-0.1, -0.05) is 22.0 Å². The Morgan fingerprint density at radius 1 is 1.59 bits per heavy atom.